The van der Waals surface area contributed by atoms with Crippen LogP contribution in [0.15, 0.2) is 48.7 Å². The minimum absolute atomic E-state index is 0.0314. The summed E-state index contributed by atoms with van der Waals surface area (Å²) in [6.07, 6.45) is 3.91. The Morgan fingerprint density at radius 2 is 1.84 bits per heavy atom. The third-order valence-corrected chi connectivity index (χ3v) is 4.92. The molecule has 2 aliphatic rings. The van der Waals surface area contributed by atoms with Crippen molar-refractivity contribution in [1.29, 1.82) is 5.26 Å². The summed E-state index contributed by atoms with van der Waals surface area (Å²) in [5.74, 6) is 0.712. The fourth-order valence-corrected chi connectivity index (χ4v) is 3.54. The molecule has 2 aliphatic heterocycles. The van der Waals surface area contributed by atoms with Crippen LogP contribution in [0, 0.1) is 11.5 Å². The van der Waals surface area contributed by atoms with Gasteiger partial charge in [0.1, 0.15) is 11.9 Å². The molecule has 6 heteroatoms. The van der Waals surface area contributed by atoms with Crippen LogP contribution in [0.2, 0.25) is 0 Å². The Kier molecular flexibility index (Phi) is 4.08. The number of fused-ring (bicyclic) bond motifs is 1. The van der Waals surface area contributed by atoms with Gasteiger partial charge in [0.05, 0.1) is 6.54 Å². The largest absolute Gasteiger partial charge is 0.307 e. The SMILES string of the molecule is N#CN1CCN2CCN(c3cc(-c4ccccc4)ccn3)C(=O)[C@H]2C1. The second-order valence-corrected chi connectivity index (χ2v) is 6.36. The number of benzene rings is 1. The lowest BCUT2D eigenvalue weighted by Crippen LogP contribution is -2.64. The lowest BCUT2D eigenvalue weighted by Gasteiger charge is -2.44. The van der Waals surface area contributed by atoms with Gasteiger partial charge in [0, 0.05) is 32.4 Å². The van der Waals surface area contributed by atoms with Crippen molar-refractivity contribution in [2.75, 3.05) is 37.6 Å². The molecule has 3 heterocycles. The number of hydrogen-bond donors (Lipinski definition) is 0. The zero-order chi connectivity index (χ0) is 17.2. The molecule has 0 bridgehead atoms. The van der Waals surface area contributed by atoms with Gasteiger partial charge in [-0.25, -0.2) is 4.98 Å². The van der Waals surface area contributed by atoms with Gasteiger partial charge in [-0.1, -0.05) is 30.3 Å². The molecule has 0 saturated carbocycles. The van der Waals surface area contributed by atoms with Gasteiger partial charge in [-0.15, -0.1) is 0 Å². The molecule has 2 saturated heterocycles. The molecule has 1 aromatic carbocycles. The Bertz CT molecular complexity index is 816. The standard InChI is InChI=1S/C19H19N5O/c20-14-22-8-9-23-10-11-24(19(25)17(23)13-22)18-12-16(6-7-21-18)15-4-2-1-3-5-15/h1-7,12,17H,8-11,13H2/t17-/m1/s1. The molecule has 4 rings (SSSR count). The van der Waals surface area contributed by atoms with Gasteiger partial charge in [-0.05, 0) is 23.3 Å². The van der Waals surface area contributed by atoms with E-state index in [2.05, 4.69) is 16.1 Å². The Balaban J connectivity index is 1.60. The summed E-state index contributed by atoms with van der Waals surface area (Å²) in [6.45, 7) is 3.36. The number of carbonyl (C=O) groups is 1. The Morgan fingerprint density at radius 3 is 2.64 bits per heavy atom. The quantitative estimate of drug-likeness (QED) is 0.781. The maximum atomic E-state index is 13.0. The summed E-state index contributed by atoms with van der Waals surface area (Å²) in [4.78, 5) is 23.0. The van der Waals surface area contributed by atoms with E-state index in [0.29, 0.717) is 25.5 Å². The summed E-state index contributed by atoms with van der Waals surface area (Å²) in [6, 6.07) is 13.7. The highest BCUT2D eigenvalue weighted by Crippen LogP contribution is 2.26. The lowest BCUT2D eigenvalue weighted by atomic mass is 10.1. The summed E-state index contributed by atoms with van der Waals surface area (Å²) in [5, 5.41) is 9.13. The number of pyridine rings is 1. The van der Waals surface area contributed by atoms with E-state index in [-0.39, 0.29) is 11.9 Å². The number of anilines is 1. The van der Waals surface area contributed by atoms with Crippen LogP contribution in [0.1, 0.15) is 0 Å². The zero-order valence-corrected chi connectivity index (χ0v) is 13.9. The van der Waals surface area contributed by atoms with Gasteiger partial charge in [0.15, 0.2) is 6.19 Å². The van der Waals surface area contributed by atoms with Crippen LogP contribution in [-0.2, 0) is 4.79 Å². The first-order valence-corrected chi connectivity index (χ1v) is 8.48. The van der Waals surface area contributed by atoms with Crippen LogP contribution in [0.25, 0.3) is 11.1 Å². The zero-order valence-electron chi connectivity index (χ0n) is 13.9. The van der Waals surface area contributed by atoms with E-state index in [4.69, 9.17) is 5.26 Å². The number of aromatic nitrogens is 1. The molecule has 126 valence electrons. The molecule has 0 spiro atoms. The van der Waals surface area contributed by atoms with E-state index in [1.54, 1.807) is 16.0 Å². The number of hydrogen-bond acceptors (Lipinski definition) is 5. The Hall–Kier alpha value is -2.91. The number of nitriles is 1. The minimum Gasteiger partial charge on any atom is -0.307 e. The minimum atomic E-state index is -0.260. The van der Waals surface area contributed by atoms with Gasteiger partial charge < -0.3 is 4.90 Å². The maximum absolute atomic E-state index is 13.0. The number of nitrogens with zero attached hydrogens (tertiary/aromatic N) is 5. The van der Waals surface area contributed by atoms with E-state index in [9.17, 15) is 4.79 Å². The van der Waals surface area contributed by atoms with Crippen molar-refractivity contribution in [1.82, 2.24) is 14.8 Å². The van der Waals surface area contributed by atoms with Gasteiger partial charge in [0.25, 0.3) is 0 Å². The van der Waals surface area contributed by atoms with E-state index in [1.807, 2.05) is 42.5 Å². The first kappa shape index (κ1) is 15.6. The van der Waals surface area contributed by atoms with Crippen molar-refractivity contribution in [3.05, 3.63) is 48.7 Å². The predicted octanol–water partition coefficient (Wildman–Crippen LogP) is 1.56. The van der Waals surface area contributed by atoms with Gasteiger partial charge in [-0.3, -0.25) is 14.6 Å². The molecule has 1 amide bonds. The van der Waals surface area contributed by atoms with Crippen LogP contribution in [-0.4, -0.2) is 59.5 Å². The van der Waals surface area contributed by atoms with Crippen molar-refractivity contribution in [3.8, 4) is 17.3 Å². The highest BCUT2D eigenvalue weighted by molar-refractivity contribution is 5.98. The van der Waals surface area contributed by atoms with E-state index in [1.165, 1.54) is 0 Å². The average molecular weight is 333 g/mol. The molecule has 0 N–H and O–H groups in total. The highest BCUT2D eigenvalue weighted by Gasteiger charge is 2.39. The topological polar surface area (TPSA) is 63.5 Å². The lowest BCUT2D eigenvalue weighted by molar-refractivity contribution is -0.127. The maximum Gasteiger partial charge on any atom is 0.247 e. The molecular formula is C19H19N5O. The molecule has 0 unspecified atom stereocenters. The van der Waals surface area contributed by atoms with Crippen molar-refractivity contribution < 1.29 is 4.79 Å². The van der Waals surface area contributed by atoms with Gasteiger partial charge in [-0.2, -0.15) is 5.26 Å². The molecule has 2 aromatic rings. The third kappa shape index (κ3) is 2.94. The van der Waals surface area contributed by atoms with Gasteiger partial charge in [0.2, 0.25) is 5.91 Å². The normalized spacial score (nSPS) is 20.9. The van der Waals surface area contributed by atoms with Crippen LogP contribution in [0.3, 0.4) is 0 Å². The summed E-state index contributed by atoms with van der Waals surface area (Å²) >= 11 is 0. The summed E-state index contributed by atoms with van der Waals surface area (Å²) in [5.41, 5.74) is 2.15. The third-order valence-electron chi connectivity index (χ3n) is 4.92. The molecule has 1 aromatic heterocycles. The number of rotatable bonds is 2. The highest BCUT2D eigenvalue weighted by atomic mass is 16.2. The fourth-order valence-electron chi connectivity index (χ4n) is 3.54. The predicted molar refractivity (Wildman–Crippen MR) is 94.6 cm³/mol. The fraction of sp³-hybridized carbons (Fsp3) is 0.316. The molecule has 1 atom stereocenters. The molecule has 0 radical (unpaired) electrons. The molecule has 2 fully saturated rings. The number of amides is 1. The first-order chi connectivity index (χ1) is 12.3. The Morgan fingerprint density at radius 1 is 1.04 bits per heavy atom. The number of carbonyl (C=O) groups excluding carboxylic acids is 1. The van der Waals surface area contributed by atoms with Crippen molar-refractivity contribution in [2.45, 2.75) is 6.04 Å². The monoisotopic (exact) mass is 333 g/mol. The second-order valence-electron chi connectivity index (χ2n) is 6.36. The molecule has 6 nitrogen and oxygen atoms in total. The van der Waals surface area contributed by atoms with Crippen LogP contribution < -0.4 is 4.90 Å². The second kappa shape index (κ2) is 6.54. The van der Waals surface area contributed by atoms with Crippen molar-refractivity contribution >= 4 is 11.7 Å². The number of piperazine rings is 2. The van der Waals surface area contributed by atoms with Crippen molar-refractivity contribution in [2.24, 2.45) is 0 Å². The molecule has 25 heavy (non-hydrogen) atoms. The van der Waals surface area contributed by atoms with E-state index in [0.717, 1.165) is 24.2 Å². The van der Waals surface area contributed by atoms with E-state index < -0.39 is 0 Å². The Labute approximate surface area is 146 Å². The molecular weight excluding hydrogens is 314 g/mol. The van der Waals surface area contributed by atoms with Crippen LogP contribution >= 0.6 is 0 Å². The van der Waals surface area contributed by atoms with Crippen molar-refractivity contribution in [3.63, 3.8) is 0 Å². The summed E-state index contributed by atoms with van der Waals surface area (Å²) < 4.78 is 0. The average Bonchev–Trinajstić information content (AvgIpc) is 2.69. The van der Waals surface area contributed by atoms with Crippen LogP contribution in [0.5, 0.6) is 0 Å². The van der Waals surface area contributed by atoms with Crippen LogP contribution in [0.4, 0.5) is 5.82 Å². The summed E-state index contributed by atoms with van der Waals surface area (Å²) in [7, 11) is 0. The first-order valence-electron chi connectivity index (χ1n) is 8.48. The van der Waals surface area contributed by atoms with Gasteiger partial charge >= 0.3 is 0 Å². The molecule has 0 aliphatic carbocycles. The van der Waals surface area contributed by atoms with E-state index >= 15 is 0 Å². The smallest absolute Gasteiger partial charge is 0.247 e.